The Morgan fingerprint density at radius 2 is 1.78 bits per heavy atom. The van der Waals surface area contributed by atoms with E-state index in [4.69, 9.17) is 4.74 Å². The lowest BCUT2D eigenvalue weighted by Gasteiger charge is -2.19. The second-order valence-electron chi connectivity index (χ2n) is 8.28. The first-order chi connectivity index (χ1) is 14.9. The summed E-state index contributed by atoms with van der Waals surface area (Å²) >= 11 is 0. The number of aromatic nitrogens is 3. The number of esters is 1. The van der Waals surface area contributed by atoms with Crippen LogP contribution >= 0.6 is 0 Å². The fraction of sp³-hybridized carbons (Fsp3) is 0.304. The smallest absolute Gasteiger partial charge is 0.433 e. The van der Waals surface area contributed by atoms with E-state index in [2.05, 4.69) is 20.3 Å². The third-order valence-electron chi connectivity index (χ3n) is 4.18. The van der Waals surface area contributed by atoms with Crippen molar-refractivity contribution in [1.82, 2.24) is 15.0 Å². The first-order valence-corrected chi connectivity index (χ1v) is 9.85. The Bertz CT molecular complexity index is 1110. The van der Waals surface area contributed by atoms with Gasteiger partial charge in [0.25, 0.3) is 0 Å². The third kappa shape index (κ3) is 6.50. The zero-order valence-electron chi connectivity index (χ0n) is 18.1. The molecule has 32 heavy (non-hydrogen) atoms. The summed E-state index contributed by atoms with van der Waals surface area (Å²) in [7, 11) is 0. The van der Waals surface area contributed by atoms with Crippen LogP contribution < -0.4 is 5.32 Å². The molecule has 0 spiro atoms. The number of hydrogen-bond donors (Lipinski definition) is 1. The quantitative estimate of drug-likeness (QED) is 0.524. The molecule has 6 nitrogen and oxygen atoms in total. The summed E-state index contributed by atoms with van der Waals surface area (Å²) in [5.74, 6) is -0.511. The van der Waals surface area contributed by atoms with E-state index in [0.717, 1.165) is 29.0 Å². The normalized spacial score (nSPS) is 11.8. The molecule has 1 N–H and O–H groups in total. The molecule has 0 aliphatic carbocycles. The number of rotatable bonds is 5. The fourth-order valence-electron chi connectivity index (χ4n) is 2.95. The lowest BCUT2D eigenvalue weighted by Crippen LogP contribution is -2.25. The van der Waals surface area contributed by atoms with Gasteiger partial charge in [-0.2, -0.15) is 13.2 Å². The molecule has 0 saturated carbocycles. The van der Waals surface area contributed by atoms with Crippen LogP contribution in [-0.4, -0.2) is 26.5 Å². The van der Waals surface area contributed by atoms with Gasteiger partial charge in [-0.05, 0) is 63.1 Å². The highest BCUT2D eigenvalue weighted by atomic mass is 19.4. The topological polar surface area (TPSA) is 77.0 Å². The summed E-state index contributed by atoms with van der Waals surface area (Å²) in [6.45, 7) is 7.27. The number of anilines is 2. The maximum absolute atomic E-state index is 12.9. The lowest BCUT2D eigenvalue weighted by atomic mass is 10.0. The van der Waals surface area contributed by atoms with Crippen LogP contribution in [0.15, 0.2) is 48.8 Å². The van der Waals surface area contributed by atoms with Gasteiger partial charge in [-0.15, -0.1) is 0 Å². The Balaban J connectivity index is 1.78. The second kappa shape index (κ2) is 8.94. The van der Waals surface area contributed by atoms with E-state index in [1.165, 1.54) is 0 Å². The van der Waals surface area contributed by atoms with Gasteiger partial charge >= 0.3 is 12.1 Å². The molecular weight excluding hydrogens is 421 g/mol. The van der Waals surface area contributed by atoms with Gasteiger partial charge in [0, 0.05) is 23.6 Å². The molecule has 2 aromatic heterocycles. The van der Waals surface area contributed by atoms with E-state index >= 15 is 0 Å². The molecule has 168 valence electrons. The van der Waals surface area contributed by atoms with Crippen molar-refractivity contribution in [3.63, 3.8) is 0 Å². The number of carbonyl (C=O) groups excluding carboxylic acids is 1. The summed E-state index contributed by atoms with van der Waals surface area (Å²) in [5, 5.41) is 2.82. The highest BCUT2D eigenvalue weighted by molar-refractivity contribution is 5.73. The van der Waals surface area contributed by atoms with Crippen LogP contribution in [0.4, 0.5) is 24.8 Å². The number of nitrogens with zero attached hydrogens (tertiary/aromatic N) is 3. The predicted octanol–water partition coefficient (Wildman–Crippen LogP) is 5.49. The molecule has 0 aliphatic heterocycles. The van der Waals surface area contributed by atoms with Crippen molar-refractivity contribution >= 4 is 17.6 Å². The van der Waals surface area contributed by atoms with Crippen LogP contribution in [0, 0.1) is 6.92 Å². The number of benzene rings is 1. The Labute approximate surface area is 183 Å². The molecule has 0 aliphatic rings. The van der Waals surface area contributed by atoms with Gasteiger partial charge in [0.15, 0.2) is 0 Å². The Morgan fingerprint density at radius 1 is 1.03 bits per heavy atom. The molecule has 3 rings (SSSR count). The zero-order valence-corrected chi connectivity index (χ0v) is 18.1. The van der Waals surface area contributed by atoms with Gasteiger partial charge < -0.3 is 10.1 Å². The van der Waals surface area contributed by atoms with E-state index < -0.39 is 17.5 Å². The van der Waals surface area contributed by atoms with E-state index in [0.29, 0.717) is 11.4 Å². The van der Waals surface area contributed by atoms with E-state index in [-0.39, 0.29) is 18.3 Å². The number of alkyl halides is 3. The largest absolute Gasteiger partial charge is 0.460 e. The van der Waals surface area contributed by atoms with Gasteiger partial charge in [-0.3, -0.25) is 9.78 Å². The number of halogens is 3. The highest BCUT2D eigenvalue weighted by Crippen LogP contribution is 2.29. The maximum Gasteiger partial charge on any atom is 0.433 e. The zero-order chi connectivity index (χ0) is 23.5. The van der Waals surface area contributed by atoms with Crippen LogP contribution in [0.25, 0.3) is 11.1 Å². The third-order valence-corrected chi connectivity index (χ3v) is 4.18. The average Bonchev–Trinajstić information content (AvgIpc) is 2.66. The summed E-state index contributed by atoms with van der Waals surface area (Å²) in [6, 6.07) is 9.84. The van der Waals surface area contributed by atoms with Gasteiger partial charge in [0.2, 0.25) is 5.95 Å². The summed E-state index contributed by atoms with van der Waals surface area (Å²) in [4.78, 5) is 23.7. The standard InChI is InChI=1S/C23H23F3N4O2/c1-14-9-16(15-5-6-17(28-13-15)12-20(31)32-22(2,3)4)11-18(10-14)29-21-27-8-7-19(30-21)23(24,25)26/h5-11,13H,12H2,1-4H3,(H,27,29,30). The number of nitrogens with one attached hydrogen (secondary N) is 1. The van der Waals surface area contributed by atoms with E-state index in [1.807, 2.05) is 19.1 Å². The SMILES string of the molecule is Cc1cc(Nc2nccc(C(F)(F)F)n2)cc(-c2ccc(CC(=O)OC(C)(C)C)nc2)c1. The number of pyridine rings is 1. The minimum absolute atomic E-state index is 0.0606. The molecule has 1 aromatic carbocycles. The highest BCUT2D eigenvalue weighted by Gasteiger charge is 2.32. The van der Waals surface area contributed by atoms with Crippen molar-refractivity contribution in [2.75, 3.05) is 5.32 Å². The molecule has 0 saturated heterocycles. The van der Waals surface area contributed by atoms with Crippen LogP contribution in [0.2, 0.25) is 0 Å². The molecule has 3 aromatic rings. The molecule has 0 amide bonds. The van der Waals surface area contributed by atoms with Crippen LogP contribution in [-0.2, 0) is 22.1 Å². The van der Waals surface area contributed by atoms with E-state index in [1.54, 1.807) is 45.2 Å². The van der Waals surface area contributed by atoms with E-state index in [9.17, 15) is 18.0 Å². The van der Waals surface area contributed by atoms with Gasteiger partial charge in [0.1, 0.15) is 11.3 Å². The second-order valence-corrected chi connectivity index (χ2v) is 8.28. The number of carbonyl (C=O) groups is 1. The molecule has 0 unspecified atom stereocenters. The number of aryl methyl sites for hydroxylation is 1. The maximum atomic E-state index is 12.9. The molecule has 9 heteroatoms. The predicted molar refractivity (Wildman–Crippen MR) is 114 cm³/mol. The fourth-order valence-corrected chi connectivity index (χ4v) is 2.95. The first-order valence-electron chi connectivity index (χ1n) is 9.85. The van der Waals surface area contributed by atoms with Crippen molar-refractivity contribution < 1.29 is 22.7 Å². The molecule has 0 fully saturated rings. The minimum Gasteiger partial charge on any atom is -0.460 e. The lowest BCUT2D eigenvalue weighted by molar-refractivity contribution is -0.154. The molecule has 2 heterocycles. The molecule has 0 bridgehead atoms. The van der Waals surface area contributed by atoms with Gasteiger partial charge in [-0.1, -0.05) is 12.1 Å². The number of hydrogen-bond acceptors (Lipinski definition) is 6. The monoisotopic (exact) mass is 444 g/mol. The minimum atomic E-state index is -4.55. The van der Waals surface area contributed by atoms with Crippen LogP contribution in [0.3, 0.4) is 0 Å². The van der Waals surface area contributed by atoms with Crippen molar-refractivity contribution in [1.29, 1.82) is 0 Å². The molecule has 0 atom stereocenters. The summed E-state index contributed by atoms with van der Waals surface area (Å²) in [6.07, 6.45) is -1.80. The van der Waals surface area contributed by atoms with Crippen molar-refractivity contribution in [2.45, 2.75) is 45.9 Å². The first kappa shape index (κ1) is 23.2. The Morgan fingerprint density at radius 3 is 2.41 bits per heavy atom. The number of ether oxygens (including phenoxy) is 1. The van der Waals surface area contributed by atoms with Crippen LogP contribution in [0.1, 0.15) is 37.7 Å². The average molecular weight is 444 g/mol. The van der Waals surface area contributed by atoms with Gasteiger partial charge in [0.05, 0.1) is 12.1 Å². The van der Waals surface area contributed by atoms with Crippen molar-refractivity contribution in [3.8, 4) is 11.1 Å². The van der Waals surface area contributed by atoms with Crippen molar-refractivity contribution in [3.05, 3.63) is 65.7 Å². The summed E-state index contributed by atoms with van der Waals surface area (Å²) < 4.78 is 44.0. The molecular formula is C23H23F3N4O2. The van der Waals surface area contributed by atoms with Crippen LogP contribution in [0.5, 0.6) is 0 Å². The Hall–Kier alpha value is -3.49. The Kier molecular flexibility index (Phi) is 6.47. The van der Waals surface area contributed by atoms with Crippen molar-refractivity contribution in [2.24, 2.45) is 0 Å². The molecule has 0 radical (unpaired) electrons. The van der Waals surface area contributed by atoms with Gasteiger partial charge in [-0.25, -0.2) is 9.97 Å². The summed E-state index contributed by atoms with van der Waals surface area (Å²) in [5.41, 5.74) is 2.00.